The second-order valence-corrected chi connectivity index (χ2v) is 30.3. The third-order valence-electron chi connectivity index (χ3n) is 21.0. The second kappa shape index (κ2) is 23.0. The molecule has 466 valence electrons. The van der Waals surface area contributed by atoms with Crippen LogP contribution in [0.4, 0.5) is 34.1 Å². The number of hydrogen-bond acceptors (Lipinski definition) is 2. The number of nitrogens with zero attached hydrogens (tertiary/aromatic N) is 2. The summed E-state index contributed by atoms with van der Waals surface area (Å²) in [4.78, 5) is 4.90. The van der Waals surface area contributed by atoms with E-state index in [9.17, 15) is 0 Å². The second-order valence-electron chi connectivity index (χ2n) is 30.3. The van der Waals surface area contributed by atoms with E-state index in [0.29, 0.717) is 0 Å². The lowest BCUT2D eigenvalue weighted by Gasteiger charge is -2.30. The number of anilines is 6. The van der Waals surface area contributed by atoms with Crippen molar-refractivity contribution in [2.45, 2.75) is 110 Å². The zero-order valence-corrected chi connectivity index (χ0v) is 57.1. The molecular formula is C93H84N2. The Bertz CT molecular complexity index is 4700. The predicted molar refractivity (Wildman–Crippen MR) is 408 cm³/mol. The molecule has 95 heavy (non-hydrogen) atoms. The summed E-state index contributed by atoms with van der Waals surface area (Å²) in [5.41, 5.74) is 34.6. The Hall–Kier alpha value is -10.3. The molecule has 0 radical (unpaired) electrons. The first-order chi connectivity index (χ1) is 45.6. The van der Waals surface area contributed by atoms with Gasteiger partial charge in [-0.15, -0.1) is 0 Å². The number of fused-ring (bicyclic) bond motifs is 9. The summed E-state index contributed by atoms with van der Waals surface area (Å²) in [5, 5.41) is 0. The Labute approximate surface area is 564 Å². The van der Waals surface area contributed by atoms with Crippen LogP contribution in [0.15, 0.2) is 267 Å². The highest BCUT2D eigenvalue weighted by Gasteiger charge is 2.39. The van der Waals surface area contributed by atoms with Crippen molar-refractivity contribution in [2.75, 3.05) is 9.80 Å². The van der Waals surface area contributed by atoms with Gasteiger partial charge in [-0.2, -0.15) is 0 Å². The van der Waals surface area contributed by atoms with Gasteiger partial charge < -0.3 is 9.80 Å². The van der Waals surface area contributed by atoms with E-state index in [1.54, 1.807) is 0 Å². The molecule has 0 amide bonds. The highest BCUT2D eigenvalue weighted by Crippen LogP contribution is 2.55. The van der Waals surface area contributed by atoms with Crippen LogP contribution in [-0.2, 0) is 27.1 Å². The van der Waals surface area contributed by atoms with E-state index in [4.69, 9.17) is 0 Å². The first kappa shape index (κ1) is 60.9. The van der Waals surface area contributed by atoms with Crippen LogP contribution in [0.3, 0.4) is 0 Å². The minimum absolute atomic E-state index is 0.0522. The van der Waals surface area contributed by atoms with E-state index >= 15 is 0 Å². The first-order valence-corrected chi connectivity index (χ1v) is 34.0. The summed E-state index contributed by atoms with van der Waals surface area (Å²) in [6.45, 7) is 28.1. The Morgan fingerprint density at radius 3 is 0.789 bits per heavy atom. The van der Waals surface area contributed by atoms with Gasteiger partial charge in [-0.1, -0.05) is 314 Å². The molecule has 2 nitrogen and oxygen atoms in total. The molecule has 0 N–H and O–H groups in total. The van der Waals surface area contributed by atoms with Gasteiger partial charge in [0.15, 0.2) is 0 Å². The summed E-state index contributed by atoms with van der Waals surface area (Å²) in [6.07, 6.45) is 9.22. The SMILES string of the molecule is CC(C)(C)c1ccc(N(c2ccc3c(c2)C(C)(C)c2cc(C=Cc4ccc5c(c4)C(C)(C)c4cc(C=Cc6ccc7c(c6)C(C)(C)c6cc(N(c8ccc(C(C)(C)C)cc8)c8ccccc8-c8ccccc8)ccc6-7)ccc4-5)ccc2-3)c2ccccc2-c2ccccc2)cc1. The average molecular weight is 1230 g/mol. The highest BCUT2D eigenvalue weighted by atomic mass is 15.2. The zero-order valence-electron chi connectivity index (χ0n) is 57.1. The van der Waals surface area contributed by atoms with Crippen molar-refractivity contribution in [1.29, 1.82) is 0 Å². The molecule has 12 aromatic carbocycles. The molecule has 0 heterocycles. The molecule has 0 atom stereocenters. The van der Waals surface area contributed by atoms with E-state index in [1.165, 1.54) is 122 Å². The Kier molecular flexibility index (Phi) is 14.8. The van der Waals surface area contributed by atoms with Gasteiger partial charge in [-0.3, -0.25) is 0 Å². The molecule has 2 heteroatoms. The molecule has 0 bridgehead atoms. The smallest absolute Gasteiger partial charge is 0.0540 e. The van der Waals surface area contributed by atoms with Gasteiger partial charge in [0.1, 0.15) is 0 Å². The van der Waals surface area contributed by atoms with Crippen LogP contribution in [0.2, 0.25) is 0 Å². The maximum Gasteiger partial charge on any atom is 0.0540 e. The fraction of sp³-hybridized carbons (Fsp3) is 0.183. The molecule has 15 rings (SSSR count). The third-order valence-corrected chi connectivity index (χ3v) is 21.0. The number of rotatable bonds is 12. The fourth-order valence-electron chi connectivity index (χ4n) is 15.5. The average Bonchev–Trinajstić information content (AvgIpc) is 1.61. The molecule has 0 spiro atoms. The molecule has 0 saturated heterocycles. The van der Waals surface area contributed by atoms with Crippen LogP contribution < -0.4 is 9.80 Å². The van der Waals surface area contributed by atoms with Crippen LogP contribution in [0, 0.1) is 0 Å². The lowest BCUT2D eigenvalue weighted by molar-refractivity contribution is 0.590. The lowest BCUT2D eigenvalue weighted by atomic mass is 9.81. The quantitative estimate of drug-likeness (QED) is 0.113. The van der Waals surface area contributed by atoms with Gasteiger partial charge in [-0.05, 0) is 183 Å². The number of hydrogen-bond donors (Lipinski definition) is 0. The lowest BCUT2D eigenvalue weighted by Crippen LogP contribution is -2.17. The zero-order chi connectivity index (χ0) is 65.8. The first-order valence-electron chi connectivity index (χ1n) is 34.0. The van der Waals surface area contributed by atoms with Gasteiger partial charge >= 0.3 is 0 Å². The Morgan fingerprint density at radius 1 is 0.242 bits per heavy atom. The molecule has 3 aliphatic rings. The normalized spacial score (nSPS) is 14.5. The standard InChI is InChI=1S/C93H84N2/c1-89(2,3)67-39-43-69(44-40-67)94(87-29-21-19-27-73(87)65-23-15-13-16-24-65)71-47-53-79-77-51-37-63(57-83(77)92(9,10)85(79)59-71)33-31-61-35-49-75-76-50-36-62(56-82(76)91(7,8)81(75)55-61)32-34-64-38-52-78-80-54-48-72(60-86(80)93(11,12)84(78)58-64)95(70-45-41-68(42-46-70)90(4,5)6)88-30-22-20-28-74(88)66-25-17-14-18-26-66/h13-60H,1-12H3. The van der Waals surface area contributed by atoms with Crippen molar-refractivity contribution in [3.05, 3.63) is 334 Å². The summed E-state index contributed by atoms with van der Waals surface area (Å²) >= 11 is 0. The molecule has 3 aliphatic carbocycles. The molecule has 0 aromatic heterocycles. The van der Waals surface area contributed by atoms with E-state index in [0.717, 1.165) is 34.1 Å². The van der Waals surface area contributed by atoms with E-state index in [1.807, 2.05) is 0 Å². The summed E-state index contributed by atoms with van der Waals surface area (Å²) in [7, 11) is 0. The van der Waals surface area contributed by atoms with Crippen molar-refractivity contribution >= 4 is 58.4 Å². The van der Waals surface area contributed by atoms with Crippen molar-refractivity contribution in [3.63, 3.8) is 0 Å². The van der Waals surface area contributed by atoms with E-state index < -0.39 is 0 Å². The third kappa shape index (κ3) is 10.8. The molecular weight excluding hydrogens is 1150 g/mol. The minimum atomic E-state index is -0.222. The molecule has 0 aliphatic heterocycles. The monoisotopic (exact) mass is 1230 g/mol. The van der Waals surface area contributed by atoms with Crippen LogP contribution in [0.25, 0.3) is 79.9 Å². The summed E-state index contributed by atoms with van der Waals surface area (Å²) < 4.78 is 0. The van der Waals surface area contributed by atoms with E-state index in [2.05, 4.69) is 384 Å². The topological polar surface area (TPSA) is 6.48 Å². The Balaban J connectivity index is 0.672. The molecule has 12 aromatic rings. The molecule has 0 unspecified atom stereocenters. The largest absolute Gasteiger partial charge is 0.310 e. The van der Waals surface area contributed by atoms with Crippen LogP contribution >= 0.6 is 0 Å². The van der Waals surface area contributed by atoms with Gasteiger partial charge in [0.25, 0.3) is 0 Å². The van der Waals surface area contributed by atoms with Crippen molar-refractivity contribution < 1.29 is 0 Å². The Morgan fingerprint density at radius 2 is 0.495 bits per heavy atom. The number of para-hydroxylation sites is 2. The highest BCUT2D eigenvalue weighted by molar-refractivity contribution is 5.94. The van der Waals surface area contributed by atoms with E-state index in [-0.39, 0.29) is 27.1 Å². The van der Waals surface area contributed by atoms with Crippen LogP contribution in [0.1, 0.15) is 150 Å². The van der Waals surface area contributed by atoms with Gasteiger partial charge in [0.05, 0.1) is 11.4 Å². The maximum atomic E-state index is 2.45. The predicted octanol–water partition coefficient (Wildman–Crippen LogP) is 25.8. The summed E-state index contributed by atoms with van der Waals surface area (Å²) in [5.74, 6) is 0. The van der Waals surface area contributed by atoms with Gasteiger partial charge in [0.2, 0.25) is 0 Å². The van der Waals surface area contributed by atoms with Gasteiger partial charge in [-0.25, -0.2) is 0 Å². The van der Waals surface area contributed by atoms with Crippen LogP contribution in [-0.4, -0.2) is 0 Å². The minimum Gasteiger partial charge on any atom is -0.310 e. The van der Waals surface area contributed by atoms with Crippen LogP contribution in [0.5, 0.6) is 0 Å². The fourth-order valence-corrected chi connectivity index (χ4v) is 15.5. The number of benzene rings is 12. The molecule has 0 fully saturated rings. The van der Waals surface area contributed by atoms with Gasteiger partial charge in [0, 0.05) is 50.1 Å². The van der Waals surface area contributed by atoms with Crippen molar-refractivity contribution in [2.24, 2.45) is 0 Å². The van der Waals surface area contributed by atoms with Crippen molar-refractivity contribution in [1.82, 2.24) is 0 Å². The molecule has 0 saturated carbocycles. The van der Waals surface area contributed by atoms with Crippen molar-refractivity contribution in [3.8, 4) is 55.6 Å². The summed E-state index contributed by atoms with van der Waals surface area (Å²) in [6, 6.07) is 100. The maximum absolute atomic E-state index is 2.45.